The maximum atomic E-state index is 13.2. The van der Waals surface area contributed by atoms with Gasteiger partial charge in [0.2, 0.25) is 0 Å². The van der Waals surface area contributed by atoms with E-state index >= 15 is 0 Å². The Balaban J connectivity index is 2.35. The van der Waals surface area contributed by atoms with Crippen molar-refractivity contribution >= 4 is 7.82 Å². The summed E-state index contributed by atoms with van der Waals surface area (Å²) in [6, 6.07) is 14.7. The van der Waals surface area contributed by atoms with Gasteiger partial charge in [0.25, 0.3) is 0 Å². The van der Waals surface area contributed by atoms with Crippen molar-refractivity contribution in [3.8, 4) is 11.5 Å². The van der Waals surface area contributed by atoms with E-state index in [9.17, 15) is 4.57 Å². The van der Waals surface area contributed by atoms with E-state index < -0.39 is 13.4 Å². The minimum absolute atomic E-state index is 0.480. The molecule has 2 aromatic carbocycles. The van der Waals surface area contributed by atoms with Crippen LogP contribution in [-0.2, 0) is 9.09 Å². The Hall–Kier alpha value is -1.77. The molecule has 23 heavy (non-hydrogen) atoms. The molecular formula is C18H23O4P. The largest absolute Gasteiger partial charge is 0.588 e. The number of aryl methyl sites for hydroxylation is 2. The zero-order chi connectivity index (χ0) is 17.1. The highest BCUT2D eigenvalue weighted by atomic mass is 31.2. The highest BCUT2D eigenvalue weighted by Crippen LogP contribution is 2.53. The third-order valence-electron chi connectivity index (χ3n) is 2.99. The monoisotopic (exact) mass is 334 g/mol. The standard InChI is InChI=1S/C18H23O4P/c1-14-10-6-8-12-16(14)20-23(19,22-18(3,4)5)21-17-13-9-7-11-15(17)2/h6-13H,1-5H3. The first-order valence-corrected chi connectivity index (χ1v) is 8.96. The van der Waals surface area contributed by atoms with E-state index in [1.165, 1.54) is 0 Å². The Morgan fingerprint density at radius 3 is 1.52 bits per heavy atom. The molecule has 0 radical (unpaired) electrons. The first kappa shape index (κ1) is 17.6. The van der Waals surface area contributed by atoms with Crippen LogP contribution in [0.2, 0.25) is 0 Å². The molecule has 0 saturated carbocycles. The van der Waals surface area contributed by atoms with Gasteiger partial charge in [-0.15, -0.1) is 0 Å². The molecule has 0 heterocycles. The minimum atomic E-state index is -3.84. The van der Waals surface area contributed by atoms with Gasteiger partial charge in [-0.1, -0.05) is 36.4 Å². The van der Waals surface area contributed by atoms with E-state index in [2.05, 4.69) is 0 Å². The molecule has 2 aromatic rings. The van der Waals surface area contributed by atoms with E-state index in [-0.39, 0.29) is 0 Å². The molecule has 0 fully saturated rings. The van der Waals surface area contributed by atoms with Gasteiger partial charge in [-0.25, -0.2) is 4.57 Å². The second-order valence-corrected chi connectivity index (χ2v) is 7.81. The van der Waals surface area contributed by atoms with Crippen molar-refractivity contribution in [1.82, 2.24) is 0 Å². The molecule has 0 N–H and O–H groups in total. The third-order valence-corrected chi connectivity index (χ3v) is 4.61. The number of para-hydroxylation sites is 2. The number of rotatable bonds is 5. The molecule has 0 aliphatic rings. The predicted octanol–water partition coefficient (Wildman–Crippen LogP) is 5.68. The number of hydrogen-bond acceptors (Lipinski definition) is 4. The number of benzene rings is 2. The van der Waals surface area contributed by atoms with Crippen molar-refractivity contribution in [3.05, 3.63) is 59.7 Å². The summed E-state index contributed by atoms with van der Waals surface area (Å²) in [5.74, 6) is 0.960. The fourth-order valence-corrected chi connectivity index (χ4v) is 3.62. The van der Waals surface area contributed by atoms with Gasteiger partial charge < -0.3 is 9.05 Å². The molecule has 124 valence electrons. The first-order valence-electron chi connectivity index (χ1n) is 7.50. The zero-order valence-electron chi connectivity index (χ0n) is 14.2. The van der Waals surface area contributed by atoms with Crippen molar-refractivity contribution in [2.24, 2.45) is 0 Å². The maximum Gasteiger partial charge on any atom is 0.588 e. The molecule has 0 aliphatic carbocycles. The Labute approximate surface area is 138 Å². The highest BCUT2D eigenvalue weighted by molar-refractivity contribution is 7.49. The van der Waals surface area contributed by atoms with Crippen LogP contribution in [-0.4, -0.2) is 5.60 Å². The van der Waals surface area contributed by atoms with Gasteiger partial charge in [-0.2, -0.15) is 0 Å². The third kappa shape index (κ3) is 5.12. The molecule has 4 nitrogen and oxygen atoms in total. The maximum absolute atomic E-state index is 13.2. The summed E-state index contributed by atoms with van der Waals surface area (Å²) in [5.41, 5.74) is 1.04. The Morgan fingerprint density at radius 1 is 0.783 bits per heavy atom. The summed E-state index contributed by atoms with van der Waals surface area (Å²) in [6.07, 6.45) is 0. The number of phosphoric acid groups is 1. The fourth-order valence-electron chi connectivity index (χ4n) is 1.95. The first-order chi connectivity index (χ1) is 10.7. The van der Waals surface area contributed by atoms with Crippen LogP contribution in [0.5, 0.6) is 11.5 Å². The summed E-state index contributed by atoms with van der Waals surface area (Å²) in [6.45, 7) is 9.18. The lowest BCUT2D eigenvalue weighted by atomic mass is 10.2. The van der Waals surface area contributed by atoms with E-state index in [0.717, 1.165) is 11.1 Å². The molecule has 0 saturated heterocycles. The van der Waals surface area contributed by atoms with Crippen LogP contribution >= 0.6 is 7.82 Å². The van der Waals surface area contributed by atoms with Crippen LogP contribution in [0, 0.1) is 13.8 Å². The molecule has 0 amide bonds. The lowest BCUT2D eigenvalue weighted by Crippen LogP contribution is -2.21. The lowest BCUT2D eigenvalue weighted by Gasteiger charge is -2.27. The molecule has 5 heteroatoms. The van der Waals surface area contributed by atoms with E-state index in [1.54, 1.807) is 12.1 Å². The molecule has 0 aromatic heterocycles. The molecule has 0 atom stereocenters. The smallest absolute Gasteiger partial charge is 0.395 e. The van der Waals surface area contributed by atoms with Crippen molar-refractivity contribution in [2.75, 3.05) is 0 Å². The van der Waals surface area contributed by atoms with Crippen molar-refractivity contribution in [1.29, 1.82) is 0 Å². The van der Waals surface area contributed by atoms with Crippen LogP contribution in [0.3, 0.4) is 0 Å². The van der Waals surface area contributed by atoms with Gasteiger partial charge >= 0.3 is 7.82 Å². The number of hydrogen-bond donors (Lipinski definition) is 0. The second-order valence-electron chi connectivity index (χ2n) is 6.36. The lowest BCUT2D eigenvalue weighted by molar-refractivity contribution is 0.0879. The highest BCUT2D eigenvalue weighted by Gasteiger charge is 2.37. The summed E-state index contributed by atoms with van der Waals surface area (Å²) >= 11 is 0. The van der Waals surface area contributed by atoms with Gasteiger partial charge in [0, 0.05) is 0 Å². The predicted molar refractivity (Wildman–Crippen MR) is 92.1 cm³/mol. The van der Waals surface area contributed by atoms with Crippen molar-refractivity contribution in [2.45, 2.75) is 40.2 Å². The van der Waals surface area contributed by atoms with E-state index in [0.29, 0.717) is 11.5 Å². The average Bonchev–Trinajstić information content (AvgIpc) is 2.42. The molecular weight excluding hydrogens is 311 g/mol. The van der Waals surface area contributed by atoms with Crippen LogP contribution in [0.1, 0.15) is 31.9 Å². The Kier molecular flexibility index (Phi) is 5.18. The van der Waals surface area contributed by atoms with Gasteiger partial charge in [-0.05, 0) is 57.9 Å². The SMILES string of the molecule is Cc1ccccc1OP(=O)(Oc1ccccc1C)OC(C)(C)C. The fraction of sp³-hybridized carbons (Fsp3) is 0.333. The van der Waals surface area contributed by atoms with Crippen LogP contribution in [0.25, 0.3) is 0 Å². The normalized spacial score (nSPS) is 12.0. The summed E-state index contributed by atoms with van der Waals surface area (Å²) < 4.78 is 30.2. The molecule has 2 rings (SSSR count). The van der Waals surface area contributed by atoms with E-state index in [1.807, 2.05) is 71.0 Å². The van der Waals surface area contributed by atoms with Gasteiger partial charge in [-0.3, -0.25) is 4.52 Å². The van der Waals surface area contributed by atoms with Crippen molar-refractivity contribution in [3.63, 3.8) is 0 Å². The Morgan fingerprint density at radius 2 is 1.17 bits per heavy atom. The minimum Gasteiger partial charge on any atom is -0.395 e. The Bertz CT molecular complexity index is 667. The zero-order valence-corrected chi connectivity index (χ0v) is 15.1. The average molecular weight is 334 g/mol. The van der Waals surface area contributed by atoms with Crippen LogP contribution in [0.4, 0.5) is 0 Å². The van der Waals surface area contributed by atoms with E-state index in [4.69, 9.17) is 13.6 Å². The summed E-state index contributed by atoms with van der Waals surface area (Å²) in [4.78, 5) is 0. The molecule has 0 spiro atoms. The topological polar surface area (TPSA) is 44.8 Å². The van der Waals surface area contributed by atoms with Gasteiger partial charge in [0.05, 0.1) is 5.60 Å². The summed E-state index contributed by atoms with van der Waals surface area (Å²) in [7, 11) is -3.84. The quantitative estimate of drug-likeness (QED) is 0.659. The van der Waals surface area contributed by atoms with Gasteiger partial charge in [0.15, 0.2) is 0 Å². The molecule has 0 bridgehead atoms. The molecule has 0 unspecified atom stereocenters. The second kappa shape index (κ2) is 6.77. The van der Waals surface area contributed by atoms with Crippen LogP contribution in [0.15, 0.2) is 48.5 Å². The van der Waals surface area contributed by atoms with Crippen LogP contribution < -0.4 is 9.05 Å². The van der Waals surface area contributed by atoms with Crippen molar-refractivity contribution < 1.29 is 18.1 Å². The number of phosphoric ester groups is 1. The summed E-state index contributed by atoms with van der Waals surface area (Å²) in [5, 5.41) is 0. The molecule has 0 aliphatic heterocycles. The van der Waals surface area contributed by atoms with Gasteiger partial charge in [0.1, 0.15) is 11.5 Å².